The van der Waals surface area contributed by atoms with E-state index < -0.39 is 0 Å². The lowest BCUT2D eigenvalue weighted by Crippen LogP contribution is -2.12. The van der Waals surface area contributed by atoms with Crippen molar-refractivity contribution in [3.63, 3.8) is 0 Å². The number of fused-ring (bicyclic) bond motifs is 1. The van der Waals surface area contributed by atoms with E-state index >= 15 is 0 Å². The second-order valence-electron chi connectivity index (χ2n) is 3.49. The molecule has 1 aliphatic heterocycles. The van der Waals surface area contributed by atoms with Crippen LogP contribution in [0.15, 0.2) is 24.4 Å². The zero-order chi connectivity index (χ0) is 11.0. The second kappa shape index (κ2) is 3.36. The maximum Gasteiger partial charge on any atom is 0.156 e. The van der Waals surface area contributed by atoms with Crippen molar-refractivity contribution in [3.8, 4) is 0 Å². The zero-order valence-electron chi connectivity index (χ0n) is 8.35. The molecule has 0 atom stereocenters. The van der Waals surface area contributed by atoms with E-state index in [2.05, 4.69) is 28.4 Å². The van der Waals surface area contributed by atoms with Gasteiger partial charge in [-0.05, 0) is 0 Å². The first-order valence-electron chi connectivity index (χ1n) is 4.61. The quantitative estimate of drug-likeness (QED) is 0.423. The average Bonchev–Trinajstić information content (AvgIpc) is 2.74. The van der Waals surface area contributed by atoms with Gasteiger partial charge in [-0.3, -0.25) is 5.41 Å². The summed E-state index contributed by atoms with van der Waals surface area (Å²) in [4.78, 5) is 7.37. The van der Waals surface area contributed by atoms with Gasteiger partial charge in [0.25, 0.3) is 0 Å². The highest BCUT2D eigenvalue weighted by Gasteiger charge is 2.18. The lowest BCUT2D eigenvalue weighted by Gasteiger charge is -2.03. The van der Waals surface area contributed by atoms with Crippen LogP contribution in [0, 0.1) is 5.41 Å². The molecule has 0 aromatic carbocycles. The van der Waals surface area contributed by atoms with Crippen molar-refractivity contribution in [2.24, 2.45) is 5.73 Å². The van der Waals surface area contributed by atoms with Crippen LogP contribution in [-0.2, 0) is 13.1 Å². The van der Waals surface area contributed by atoms with Gasteiger partial charge in [0.15, 0.2) is 5.82 Å². The molecule has 78 valence electrons. The molecule has 2 heterocycles. The Kier molecular flexibility index (Phi) is 2.17. The number of hydrogen-bond acceptors (Lipinski definition) is 4. The average molecular weight is 203 g/mol. The van der Waals surface area contributed by atoms with Crippen molar-refractivity contribution in [1.29, 1.82) is 5.41 Å². The van der Waals surface area contributed by atoms with Gasteiger partial charge < -0.3 is 16.0 Å². The van der Waals surface area contributed by atoms with Crippen molar-refractivity contribution >= 4 is 5.71 Å². The number of allylic oxidation sites excluding steroid dienone is 1. The number of imidazole rings is 1. The second-order valence-corrected chi connectivity index (χ2v) is 3.49. The Bertz CT molecular complexity index is 433. The summed E-state index contributed by atoms with van der Waals surface area (Å²) in [5.74, 6) is 0.512. The summed E-state index contributed by atoms with van der Waals surface area (Å²) in [6.45, 7) is 8.75. The number of nitrogens with one attached hydrogen (secondary N) is 3. The van der Waals surface area contributed by atoms with Crippen molar-refractivity contribution in [1.82, 2.24) is 15.3 Å². The zero-order valence-corrected chi connectivity index (χ0v) is 8.35. The van der Waals surface area contributed by atoms with E-state index in [4.69, 9.17) is 11.1 Å². The maximum absolute atomic E-state index is 7.82. The van der Waals surface area contributed by atoms with Gasteiger partial charge in [-0.25, -0.2) is 4.98 Å². The molecule has 0 fully saturated rings. The van der Waals surface area contributed by atoms with Crippen LogP contribution in [0.4, 0.5) is 0 Å². The maximum atomic E-state index is 7.82. The minimum absolute atomic E-state index is 0.205. The Morgan fingerprint density at radius 3 is 2.73 bits per heavy atom. The van der Waals surface area contributed by atoms with E-state index in [1.165, 1.54) is 0 Å². The summed E-state index contributed by atoms with van der Waals surface area (Å²) in [5.41, 5.74) is 8.39. The number of nitrogens with zero attached hydrogens (tertiary/aromatic N) is 1. The van der Waals surface area contributed by atoms with Gasteiger partial charge in [0.05, 0.1) is 11.4 Å². The van der Waals surface area contributed by atoms with Crippen LogP contribution in [0.3, 0.4) is 0 Å². The molecular weight excluding hydrogens is 190 g/mol. The van der Waals surface area contributed by atoms with Crippen molar-refractivity contribution < 1.29 is 0 Å². The number of H-pyrrole nitrogens is 1. The summed E-state index contributed by atoms with van der Waals surface area (Å²) in [5, 5.41) is 11.0. The smallest absolute Gasteiger partial charge is 0.156 e. The monoisotopic (exact) mass is 203 g/mol. The number of hydrogen-bond donors (Lipinski definition) is 4. The number of aromatic nitrogens is 2. The third-order valence-corrected chi connectivity index (χ3v) is 2.38. The molecular formula is C10H13N5. The van der Waals surface area contributed by atoms with E-state index in [0.29, 0.717) is 17.1 Å². The van der Waals surface area contributed by atoms with Gasteiger partial charge >= 0.3 is 0 Å². The lowest BCUT2D eigenvalue weighted by molar-refractivity contribution is 0.742. The molecule has 0 bridgehead atoms. The molecule has 5 N–H and O–H groups in total. The summed E-state index contributed by atoms with van der Waals surface area (Å²) < 4.78 is 0. The van der Waals surface area contributed by atoms with Crippen LogP contribution in [0.1, 0.15) is 17.2 Å². The molecule has 2 rings (SSSR count). The number of rotatable bonds is 3. The van der Waals surface area contributed by atoms with Crippen molar-refractivity contribution in [2.45, 2.75) is 13.1 Å². The van der Waals surface area contributed by atoms with Crippen LogP contribution in [0.5, 0.6) is 0 Å². The molecule has 0 radical (unpaired) electrons. The van der Waals surface area contributed by atoms with Crippen LogP contribution >= 0.6 is 0 Å². The van der Waals surface area contributed by atoms with E-state index in [1.807, 2.05) is 0 Å². The Morgan fingerprint density at radius 2 is 2.13 bits per heavy atom. The van der Waals surface area contributed by atoms with Gasteiger partial charge in [0.2, 0.25) is 0 Å². The van der Waals surface area contributed by atoms with E-state index in [-0.39, 0.29) is 5.71 Å². The van der Waals surface area contributed by atoms with Crippen LogP contribution in [0.2, 0.25) is 0 Å². The number of aromatic amines is 1. The first-order valence-corrected chi connectivity index (χ1v) is 4.61. The predicted octanol–water partition coefficient (Wildman–Crippen LogP) is 0.409. The summed E-state index contributed by atoms with van der Waals surface area (Å²) in [7, 11) is 0. The first kappa shape index (κ1) is 9.67. The molecule has 0 unspecified atom stereocenters. The van der Waals surface area contributed by atoms with Crippen LogP contribution < -0.4 is 11.1 Å². The van der Waals surface area contributed by atoms with E-state index in [9.17, 15) is 0 Å². The highest BCUT2D eigenvalue weighted by Crippen LogP contribution is 2.14. The molecule has 5 nitrogen and oxygen atoms in total. The molecule has 0 spiro atoms. The van der Waals surface area contributed by atoms with Gasteiger partial charge in [-0.1, -0.05) is 13.2 Å². The Balaban J connectivity index is 2.27. The summed E-state index contributed by atoms with van der Waals surface area (Å²) in [6.07, 6.45) is 0. The minimum Gasteiger partial charge on any atom is -0.399 e. The van der Waals surface area contributed by atoms with Crippen molar-refractivity contribution in [2.75, 3.05) is 0 Å². The van der Waals surface area contributed by atoms with E-state index in [1.54, 1.807) is 0 Å². The highest BCUT2D eigenvalue weighted by atomic mass is 15.0. The molecule has 0 aliphatic carbocycles. The molecule has 0 amide bonds. The van der Waals surface area contributed by atoms with Crippen molar-refractivity contribution in [3.05, 3.63) is 41.6 Å². The first-order chi connectivity index (χ1) is 7.09. The van der Waals surface area contributed by atoms with Gasteiger partial charge in [0, 0.05) is 24.4 Å². The molecule has 0 saturated heterocycles. The summed E-state index contributed by atoms with van der Waals surface area (Å²) in [6, 6.07) is 0. The third kappa shape index (κ3) is 1.57. The Hall–Kier alpha value is -1.88. The minimum atomic E-state index is 0.205. The standard InChI is InChI=1S/C10H13N5/c1-5(6(2)11)9(12)10-14-7-3-13-4-8(7)15-10/h12-13H,1-4,11H2,(H,14,15). The fourth-order valence-corrected chi connectivity index (χ4v) is 1.47. The molecule has 0 saturated carbocycles. The molecule has 1 aromatic heterocycles. The Labute approximate surface area is 87.6 Å². The highest BCUT2D eigenvalue weighted by molar-refractivity contribution is 6.10. The SMILES string of the molecule is C=C(N)C(=C)C(=N)c1nc2c([nH]1)CNC2. The number of nitrogens with two attached hydrogens (primary N) is 1. The van der Waals surface area contributed by atoms with Gasteiger partial charge in [0.1, 0.15) is 5.71 Å². The lowest BCUT2D eigenvalue weighted by atomic mass is 10.1. The topological polar surface area (TPSA) is 90.6 Å². The molecule has 1 aromatic rings. The third-order valence-electron chi connectivity index (χ3n) is 2.38. The molecule has 1 aliphatic rings. The van der Waals surface area contributed by atoms with Crippen LogP contribution in [-0.4, -0.2) is 15.7 Å². The molecule has 15 heavy (non-hydrogen) atoms. The van der Waals surface area contributed by atoms with E-state index in [0.717, 1.165) is 24.5 Å². The predicted molar refractivity (Wildman–Crippen MR) is 58.4 cm³/mol. The van der Waals surface area contributed by atoms with Gasteiger partial charge in [-0.2, -0.15) is 0 Å². The largest absolute Gasteiger partial charge is 0.399 e. The van der Waals surface area contributed by atoms with Gasteiger partial charge in [-0.15, -0.1) is 0 Å². The molecule has 5 heteroatoms. The normalized spacial score (nSPS) is 13.6. The fourth-order valence-electron chi connectivity index (χ4n) is 1.47. The fraction of sp³-hybridized carbons (Fsp3) is 0.200. The summed E-state index contributed by atoms with van der Waals surface area (Å²) >= 11 is 0. The van der Waals surface area contributed by atoms with Crippen LogP contribution in [0.25, 0.3) is 0 Å². The Morgan fingerprint density at radius 1 is 1.40 bits per heavy atom.